The minimum atomic E-state index is -0.681. The van der Waals surface area contributed by atoms with Gasteiger partial charge in [0, 0.05) is 22.6 Å². The topological polar surface area (TPSA) is 68.2 Å². The van der Waals surface area contributed by atoms with Crippen LogP contribution in [0.3, 0.4) is 0 Å². The van der Waals surface area contributed by atoms with E-state index in [2.05, 4.69) is 9.73 Å². The summed E-state index contributed by atoms with van der Waals surface area (Å²) in [7, 11) is 1.23. The quantitative estimate of drug-likeness (QED) is 0.620. The van der Waals surface area contributed by atoms with E-state index in [1.54, 1.807) is 0 Å². The average molecular weight is 359 g/mol. The maximum absolute atomic E-state index is 11.6. The number of carbonyl (C=O) groups is 2. The van der Waals surface area contributed by atoms with Gasteiger partial charge in [-0.05, 0) is 23.1 Å². The van der Waals surface area contributed by atoms with Crippen molar-refractivity contribution in [2.45, 2.75) is 6.04 Å². The average Bonchev–Trinajstić information content (AvgIpc) is 3.08. The zero-order chi connectivity index (χ0) is 17.8. The Hall–Kier alpha value is -2.86. The van der Waals surface area contributed by atoms with Crippen LogP contribution in [0.15, 0.2) is 53.5 Å². The van der Waals surface area contributed by atoms with Crippen LogP contribution in [0, 0.1) is 0 Å². The second kappa shape index (κ2) is 7.36. The van der Waals surface area contributed by atoms with E-state index in [1.807, 2.05) is 36.4 Å². The molecule has 1 aliphatic heterocycles. The summed E-state index contributed by atoms with van der Waals surface area (Å²) in [5.74, 6) is -1.31. The van der Waals surface area contributed by atoms with Gasteiger partial charge in [-0.15, -0.1) is 0 Å². The molecule has 0 saturated carbocycles. The molecule has 6 nitrogen and oxygen atoms in total. The molecule has 7 heteroatoms. The molecule has 128 valence electrons. The number of carbonyl (C=O) groups excluding carboxylic acids is 2. The summed E-state index contributed by atoms with van der Waals surface area (Å²) < 4.78 is 4.41. The van der Waals surface area contributed by atoms with Crippen molar-refractivity contribution >= 4 is 40.7 Å². The summed E-state index contributed by atoms with van der Waals surface area (Å²) >= 11 is 6.24. The van der Waals surface area contributed by atoms with Crippen molar-refractivity contribution in [2.24, 2.45) is 4.99 Å². The molecule has 0 aromatic heterocycles. The molecule has 3 rings (SSSR count). The largest absolute Gasteiger partial charge is 0.466 e. The van der Waals surface area contributed by atoms with Crippen molar-refractivity contribution in [3.05, 3.63) is 59.1 Å². The number of hydroxylamine groups is 2. The second-order valence-corrected chi connectivity index (χ2v) is 5.77. The lowest BCUT2D eigenvalue weighted by molar-refractivity contribution is -0.164. The lowest BCUT2D eigenvalue weighted by Gasteiger charge is -2.15. The minimum absolute atomic E-state index is 0.168. The van der Waals surface area contributed by atoms with Crippen molar-refractivity contribution in [3.63, 3.8) is 0 Å². The Kier molecular flexibility index (Phi) is 5.00. The Morgan fingerprint density at radius 2 is 2.04 bits per heavy atom. The van der Waals surface area contributed by atoms with Gasteiger partial charge in [0.1, 0.15) is 6.34 Å². The van der Waals surface area contributed by atoms with E-state index in [1.165, 1.54) is 18.5 Å². The van der Waals surface area contributed by atoms with E-state index in [-0.39, 0.29) is 6.04 Å². The van der Waals surface area contributed by atoms with Gasteiger partial charge in [0.2, 0.25) is 0 Å². The molecule has 0 aliphatic carbocycles. The number of hydrogen-bond acceptors (Lipinski definition) is 6. The molecular weight excluding hydrogens is 344 g/mol. The van der Waals surface area contributed by atoms with Crippen LogP contribution >= 0.6 is 11.6 Å². The molecule has 2 aromatic carbocycles. The minimum Gasteiger partial charge on any atom is -0.466 e. The molecule has 1 unspecified atom stereocenters. The van der Waals surface area contributed by atoms with Crippen molar-refractivity contribution < 1.29 is 19.2 Å². The first-order valence-corrected chi connectivity index (χ1v) is 7.90. The highest BCUT2D eigenvalue weighted by Crippen LogP contribution is 2.29. The van der Waals surface area contributed by atoms with Crippen LogP contribution in [0.1, 0.15) is 11.6 Å². The van der Waals surface area contributed by atoms with E-state index in [4.69, 9.17) is 16.4 Å². The molecule has 2 aromatic rings. The summed E-state index contributed by atoms with van der Waals surface area (Å²) in [5, 5.41) is 4.01. The van der Waals surface area contributed by atoms with Gasteiger partial charge in [0.25, 0.3) is 0 Å². The molecule has 25 heavy (non-hydrogen) atoms. The van der Waals surface area contributed by atoms with Crippen LogP contribution in [0.5, 0.6) is 0 Å². The Morgan fingerprint density at radius 1 is 1.24 bits per heavy atom. The maximum Gasteiger partial charge on any atom is 0.356 e. The fraction of sp³-hybridized carbons (Fsp3) is 0.167. The first-order valence-electron chi connectivity index (χ1n) is 7.53. The zero-order valence-corrected chi connectivity index (χ0v) is 14.1. The molecule has 0 fully saturated rings. The van der Waals surface area contributed by atoms with E-state index in [0.29, 0.717) is 11.6 Å². The lowest BCUT2D eigenvalue weighted by atomic mass is 10.0. The van der Waals surface area contributed by atoms with Crippen molar-refractivity contribution in [2.75, 3.05) is 13.7 Å². The molecule has 1 aliphatic rings. The summed E-state index contributed by atoms with van der Waals surface area (Å²) in [4.78, 5) is 32.0. The number of ether oxygens (including phenoxy) is 1. The van der Waals surface area contributed by atoms with Gasteiger partial charge in [-0.1, -0.05) is 35.9 Å². The number of benzene rings is 2. The number of hydrogen-bond donors (Lipinski definition) is 0. The SMILES string of the molecule is COC(=O)/C=C/C(=O)ON1C=NC(c2ccc3cccc(Cl)c3c2)C1. The third-order valence-corrected chi connectivity index (χ3v) is 4.06. The van der Waals surface area contributed by atoms with Gasteiger partial charge in [0.05, 0.1) is 19.7 Å². The third kappa shape index (κ3) is 3.97. The Balaban J connectivity index is 1.66. The zero-order valence-electron chi connectivity index (χ0n) is 13.4. The van der Waals surface area contributed by atoms with Gasteiger partial charge < -0.3 is 9.57 Å². The summed E-state index contributed by atoms with van der Waals surface area (Å²) in [5.41, 5.74) is 0.973. The second-order valence-electron chi connectivity index (χ2n) is 5.37. The number of rotatable bonds is 4. The van der Waals surface area contributed by atoms with Crippen molar-refractivity contribution in [1.82, 2.24) is 5.06 Å². The Morgan fingerprint density at radius 3 is 2.84 bits per heavy atom. The van der Waals surface area contributed by atoms with Crippen LogP contribution in [0.25, 0.3) is 10.8 Å². The van der Waals surface area contributed by atoms with Gasteiger partial charge in [-0.3, -0.25) is 4.99 Å². The standard InChI is InChI=1S/C18H15ClN2O4/c1-24-17(22)7-8-18(23)25-21-10-16(20-11-21)13-6-5-12-3-2-4-15(19)14(12)9-13/h2-9,11,16H,10H2,1H3/b8-7+. The number of esters is 1. The van der Waals surface area contributed by atoms with Gasteiger partial charge >= 0.3 is 11.9 Å². The molecule has 0 N–H and O–H groups in total. The summed E-state index contributed by atoms with van der Waals surface area (Å²) in [6.45, 7) is 0.383. The molecule has 0 bridgehead atoms. The number of methoxy groups -OCH3 is 1. The smallest absolute Gasteiger partial charge is 0.356 e. The van der Waals surface area contributed by atoms with Crippen LogP contribution in [-0.2, 0) is 19.2 Å². The third-order valence-electron chi connectivity index (χ3n) is 3.73. The number of halogens is 1. The molecular formula is C18H15ClN2O4. The fourth-order valence-electron chi connectivity index (χ4n) is 2.48. The van der Waals surface area contributed by atoms with Crippen LogP contribution in [0.2, 0.25) is 5.02 Å². The molecule has 0 spiro atoms. The van der Waals surface area contributed by atoms with Crippen molar-refractivity contribution in [1.29, 1.82) is 0 Å². The van der Waals surface area contributed by atoms with Gasteiger partial charge in [0.15, 0.2) is 0 Å². The molecule has 0 amide bonds. The van der Waals surface area contributed by atoms with Crippen LogP contribution in [0.4, 0.5) is 0 Å². The van der Waals surface area contributed by atoms with E-state index < -0.39 is 11.9 Å². The summed E-state index contributed by atoms with van der Waals surface area (Å²) in [6, 6.07) is 11.5. The van der Waals surface area contributed by atoms with Gasteiger partial charge in [-0.2, -0.15) is 5.06 Å². The fourth-order valence-corrected chi connectivity index (χ4v) is 2.72. The molecule has 0 radical (unpaired) electrons. The first kappa shape index (κ1) is 17.0. The number of aliphatic imine (C=N–C) groups is 1. The van der Waals surface area contributed by atoms with Gasteiger partial charge in [-0.25, -0.2) is 9.59 Å². The highest BCUT2D eigenvalue weighted by molar-refractivity contribution is 6.35. The highest BCUT2D eigenvalue weighted by Gasteiger charge is 2.22. The summed E-state index contributed by atoms with van der Waals surface area (Å²) in [6.07, 6.45) is 3.45. The van der Waals surface area contributed by atoms with Crippen LogP contribution < -0.4 is 0 Å². The van der Waals surface area contributed by atoms with E-state index in [9.17, 15) is 9.59 Å². The van der Waals surface area contributed by atoms with E-state index >= 15 is 0 Å². The first-order chi connectivity index (χ1) is 12.1. The number of fused-ring (bicyclic) bond motifs is 1. The maximum atomic E-state index is 11.6. The molecule has 1 heterocycles. The Labute approximate surface area is 149 Å². The Bertz CT molecular complexity index is 879. The molecule has 0 saturated heterocycles. The predicted molar refractivity (Wildman–Crippen MR) is 94.1 cm³/mol. The van der Waals surface area contributed by atoms with Crippen LogP contribution in [-0.4, -0.2) is 37.0 Å². The monoisotopic (exact) mass is 358 g/mol. The highest BCUT2D eigenvalue weighted by atomic mass is 35.5. The lowest BCUT2D eigenvalue weighted by Crippen LogP contribution is -2.24. The number of nitrogens with zero attached hydrogens (tertiary/aromatic N) is 2. The molecule has 1 atom stereocenters. The van der Waals surface area contributed by atoms with Crippen molar-refractivity contribution in [3.8, 4) is 0 Å². The normalized spacial score (nSPS) is 16.6. The predicted octanol–water partition coefficient (Wildman–Crippen LogP) is 3.07. The van der Waals surface area contributed by atoms with E-state index in [0.717, 1.165) is 28.5 Å².